The van der Waals surface area contributed by atoms with Crippen LogP contribution in [-0.4, -0.2) is 45.5 Å². The third-order valence-corrected chi connectivity index (χ3v) is 3.66. The van der Waals surface area contributed by atoms with Crippen LogP contribution in [0.5, 0.6) is 17.2 Å². The summed E-state index contributed by atoms with van der Waals surface area (Å²) in [6.07, 6.45) is 0. The number of carbonyl (C=O) groups is 1. The quantitative estimate of drug-likeness (QED) is 0.841. The molecule has 0 aliphatic carbocycles. The summed E-state index contributed by atoms with van der Waals surface area (Å²) in [4.78, 5) is 11.4. The lowest BCUT2D eigenvalue weighted by molar-refractivity contribution is -0.141. The second-order valence-electron chi connectivity index (χ2n) is 4.66. The summed E-state index contributed by atoms with van der Waals surface area (Å²) in [5.41, 5.74) is 0.771. The molecule has 0 spiro atoms. The third-order valence-electron chi connectivity index (χ3n) is 3.66. The van der Waals surface area contributed by atoms with E-state index in [1.54, 1.807) is 33.5 Å². The first-order valence-corrected chi connectivity index (χ1v) is 6.35. The highest BCUT2D eigenvalue weighted by Gasteiger charge is 2.37. The zero-order valence-corrected chi connectivity index (χ0v) is 11.8. The lowest BCUT2D eigenvalue weighted by Gasteiger charge is -2.21. The number of carboxylic acids is 1. The summed E-state index contributed by atoms with van der Waals surface area (Å²) < 4.78 is 16.0. The second kappa shape index (κ2) is 6.00. The van der Waals surface area contributed by atoms with Gasteiger partial charge in [0, 0.05) is 36.7 Å². The molecular formula is C14H19NO5. The monoisotopic (exact) mass is 281 g/mol. The van der Waals surface area contributed by atoms with Gasteiger partial charge in [-0.15, -0.1) is 0 Å². The van der Waals surface area contributed by atoms with Gasteiger partial charge in [0.2, 0.25) is 0 Å². The lowest BCUT2D eigenvalue weighted by atomic mass is 9.87. The first-order valence-electron chi connectivity index (χ1n) is 6.35. The van der Waals surface area contributed by atoms with Crippen LogP contribution in [0, 0.1) is 5.92 Å². The van der Waals surface area contributed by atoms with Crippen molar-refractivity contribution in [3.05, 3.63) is 17.7 Å². The molecule has 0 radical (unpaired) electrons. The van der Waals surface area contributed by atoms with Gasteiger partial charge in [0.25, 0.3) is 0 Å². The number of aliphatic carboxylic acids is 1. The molecule has 2 unspecified atom stereocenters. The molecule has 20 heavy (non-hydrogen) atoms. The maximum Gasteiger partial charge on any atom is 0.308 e. The van der Waals surface area contributed by atoms with Gasteiger partial charge < -0.3 is 24.6 Å². The van der Waals surface area contributed by atoms with E-state index in [4.69, 9.17) is 14.2 Å². The molecule has 1 heterocycles. The fourth-order valence-corrected chi connectivity index (χ4v) is 2.64. The van der Waals surface area contributed by atoms with Gasteiger partial charge in [-0.25, -0.2) is 0 Å². The Kier molecular flexibility index (Phi) is 4.34. The topological polar surface area (TPSA) is 77.0 Å². The SMILES string of the molecule is COc1cc(OC)c(C2CNCC2C(=O)O)c(OC)c1. The van der Waals surface area contributed by atoms with E-state index in [-0.39, 0.29) is 5.92 Å². The number of methoxy groups -OCH3 is 3. The Morgan fingerprint density at radius 2 is 1.75 bits per heavy atom. The van der Waals surface area contributed by atoms with Gasteiger partial charge in [-0.2, -0.15) is 0 Å². The van der Waals surface area contributed by atoms with Crippen molar-refractivity contribution in [2.75, 3.05) is 34.4 Å². The van der Waals surface area contributed by atoms with Crippen LogP contribution in [0.25, 0.3) is 0 Å². The van der Waals surface area contributed by atoms with E-state index < -0.39 is 11.9 Å². The normalized spacial score (nSPS) is 21.6. The van der Waals surface area contributed by atoms with Crippen LogP contribution in [0.3, 0.4) is 0 Å². The average molecular weight is 281 g/mol. The van der Waals surface area contributed by atoms with Gasteiger partial charge in [0.15, 0.2) is 0 Å². The Labute approximate surface area is 117 Å². The van der Waals surface area contributed by atoms with Crippen LogP contribution in [0.15, 0.2) is 12.1 Å². The molecule has 2 rings (SSSR count). The third kappa shape index (κ3) is 2.51. The molecule has 0 amide bonds. The molecule has 0 saturated carbocycles. The molecule has 6 nitrogen and oxygen atoms in total. The van der Waals surface area contributed by atoms with Crippen molar-refractivity contribution in [1.29, 1.82) is 0 Å². The molecule has 1 aromatic carbocycles. The fraction of sp³-hybridized carbons (Fsp3) is 0.500. The number of rotatable bonds is 5. The van der Waals surface area contributed by atoms with Crippen LogP contribution < -0.4 is 19.5 Å². The maximum absolute atomic E-state index is 11.4. The Hall–Kier alpha value is -1.95. The summed E-state index contributed by atoms with van der Waals surface area (Å²) in [5, 5.41) is 12.4. The lowest BCUT2D eigenvalue weighted by Crippen LogP contribution is -2.21. The minimum Gasteiger partial charge on any atom is -0.496 e. The number of hydrogen-bond donors (Lipinski definition) is 2. The number of carboxylic acid groups (broad SMARTS) is 1. The van der Waals surface area contributed by atoms with Crippen LogP contribution in [-0.2, 0) is 4.79 Å². The fourth-order valence-electron chi connectivity index (χ4n) is 2.64. The van der Waals surface area contributed by atoms with Gasteiger partial charge in [0.1, 0.15) is 17.2 Å². The van der Waals surface area contributed by atoms with Crippen molar-refractivity contribution in [3.8, 4) is 17.2 Å². The van der Waals surface area contributed by atoms with Crippen molar-refractivity contribution in [1.82, 2.24) is 5.32 Å². The summed E-state index contributed by atoms with van der Waals surface area (Å²) in [7, 11) is 4.66. The molecular weight excluding hydrogens is 262 g/mol. The van der Waals surface area contributed by atoms with Crippen molar-refractivity contribution in [2.24, 2.45) is 5.92 Å². The van der Waals surface area contributed by atoms with Gasteiger partial charge in [-0.1, -0.05) is 0 Å². The van der Waals surface area contributed by atoms with Crippen molar-refractivity contribution in [3.63, 3.8) is 0 Å². The zero-order valence-electron chi connectivity index (χ0n) is 11.8. The van der Waals surface area contributed by atoms with Gasteiger partial charge in [0.05, 0.1) is 27.2 Å². The molecule has 2 atom stereocenters. The van der Waals surface area contributed by atoms with Crippen LogP contribution in [0.1, 0.15) is 11.5 Å². The van der Waals surface area contributed by atoms with E-state index in [2.05, 4.69) is 5.32 Å². The van der Waals surface area contributed by atoms with Crippen molar-refractivity contribution in [2.45, 2.75) is 5.92 Å². The summed E-state index contributed by atoms with van der Waals surface area (Å²) in [5.74, 6) is 0.275. The van der Waals surface area contributed by atoms with E-state index in [1.807, 2.05) is 0 Å². The summed E-state index contributed by atoms with van der Waals surface area (Å²) >= 11 is 0. The van der Waals surface area contributed by atoms with Crippen molar-refractivity contribution < 1.29 is 24.1 Å². The molecule has 1 aliphatic rings. The maximum atomic E-state index is 11.4. The highest BCUT2D eigenvalue weighted by Crippen LogP contribution is 2.43. The molecule has 2 N–H and O–H groups in total. The van der Waals surface area contributed by atoms with E-state index in [0.29, 0.717) is 30.3 Å². The molecule has 0 aromatic heterocycles. The predicted octanol–water partition coefficient (Wildman–Crippen LogP) is 1.10. The summed E-state index contributed by atoms with van der Waals surface area (Å²) in [6, 6.07) is 3.49. The minimum atomic E-state index is -0.820. The molecule has 0 bridgehead atoms. The number of benzene rings is 1. The molecule has 1 fully saturated rings. The van der Waals surface area contributed by atoms with E-state index in [9.17, 15) is 9.90 Å². The standard InChI is InChI=1S/C14H19NO5/c1-18-8-4-11(19-2)13(12(5-8)20-3)9-6-15-7-10(9)14(16)17/h4-5,9-10,15H,6-7H2,1-3H3,(H,16,17). The van der Waals surface area contributed by atoms with Crippen LogP contribution >= 0.6 is 0 Å². The van der Waals surface area contributed by atoms with Gasteiger partial charge in [-0.3, -0.25) is 4.79 Å². The Morgan fingerprint density at radius 1 is 1.15 bits per heavy atom. The Bertz CT molecular complexity index is 477. The average Bonchev–Trinajstić information content (AvgIpc) is 2.94. The Balaban J connectivity index is 2.51. The van der Waals surface area contributed by atoms with E-state index >= 15 is 0 Å². The number of ether oxygens (including phenoxy) is 3. The van der Waals surface area contributed by atoms with Crippen LogP contribution in [0.4, 0.5) is 0 Å². The smallest absolute Gasteiger partial charge is 0.308 e. The van der Waals surface area contributed by atoms with Gasteiger partial charge in [-0.05, 0) is 0 Å². The number of nitrogens with one attached hydrogen (secondary N) is 1. The van der Waals surface area contributed by atoms with E-state index in [0.717, 1.165) is 5.56 Å². The molecule has 110 valence electrons. The molecule has 1 aromatic rings. The molecule has 1 saturated heterocycles. The highest BCUT2D eigenvalue weighted by molar-refractivity contribution is 5.73. The first kappa shape index (κ1) is 14.5. The van der Waals surface area contributed by atoms with Crippen molar-refractivity contribution >= 4 is 5.97 Å². The Morgan fingerprint density at radius 3 is 2.20 bits per heavy atom. The highest BCUT2D eigenvalue weighted by atomic mass is 16.5. The first-order chi connectivity index (χ1) is 9.62. The number of hydrogen-bond acceptors (Lipinski definition) is 5. The van der Waals surface area contributed by atoms with Crippen LogP contribution in [0.2, 0.25) is 0 Å². The summed E-state index contributed by atoms with van der Waals surface area (Å²) in [6.45, 7) is 1.02. The zero-order chi connectivity index (χ0) is 14.7. The molecule has 6 heteroatoms. The second-order valence-corrected chi connectivity index (χ2v) is 4.66. The largest absolute Gasteiger partial charge is 0.496 e. The molecule has 1 aliphatic heterocycles. The van der Waals surface area contributed by atoms with E-state index in [1.165, 1.54) is 0 Å². The van der Waals surface area contributed by atoms with Gasteiger partial charge >= 0.3 is 5.97 Å². The predicted molar refractivity (Wildman–Crippen MR) is 72.8 cm³/mol. The minimum absolute atomic E-state index is 0.191.